The van der Waals surface area contributed by atoms with Crippen LogP contribution >= 0.6 is 0 Å². The molecule has 0 saturated heterocycles. The van der Waals surface area contributed by atoms with Crippen molar-refractivity contribution in [2.75, 3.05) is 5.73 Å². The number of aromatic nitrogens is 1. The molecular weight excluding hydrogens is 231 g/mol. The normalized spacial score (nSPS) is 14.2. The monoisotopic (exact) mass is 246 g/mol. The Bertz CT molecular complexity index is 555. The Labute approximate surface area is 105 Å². The fraction of sp³-hybridized carbons (Fsp3) is 0.214. The summed E-state index contributed by atoms with van der Waals surface area (Å²) < 4.78 is 13.7. The molecule has 1 atom stereocenters. The highest BCUT2D eigenvalue weighted by molar-refractivity contribution is 5.34. The lowest BCUT2D eigenvalue weighted by Crippen LogP contribution is -2.25. The Balaban J connectivity index is 2.30. The van der Waals surface area contributed by atoms with E-state index < -0.39 is 11.4 Å². The first-order chi connectivity index (χ1) is 8.49. The fourth-order valence-corrected chi connectivity index (χ4v) is 2.00. The van der Waals surface area contributed by atoms with E-state index in [2.05, 4.69) is 4.98 Å². The van der Waals surface area contributed by atoms with Crippen molar-refractivity contribution in [2.24, 2.45) is 0 Å². The van der Waals surface area contributed by atoms with E-state index in [4.69, 9.17) is 5.73 Å². The van der Waals surface area contributed by atoms with E-state index in [9.17, 15) is 9.50 Å². The third-order valence-corrected chi connectivity index (χ3v) is 2.85. The van der Waals surface area contributed by atoms with Crippen molar-refractivity contribution in [3.8, 4) is 0 Å². The van der Waals surface area contributed by atoms with Gasteiger partial charge in [-0.05, 0) is 30.7 Å². The first-order valence-electron chi connectivity index (χ1n) is 5.67. The van der Waals surface area contributed by atoms with Crippen LogP contribution in [0.3, 0.4) is 0 Å². The average Bonchev–Trinajstić information content (AvgIpc) is 2.28. The van der Waals surface area contributed by atoms with Gasteiger partial charge in [0.05, 0.1) is 5.60 Å². The van der Waals surface area contributed by atoms with Crippen molar-refractivity contribution >= 4 is 5.82 Å². The van der Waals surface area contributed by atoms with E-state index in [0.717, 1.165) is 5.56 Å². The van der Waals surface area contributed by atoms with Crippen molar-refractivity contribution in [3.05, 3.63) is 59.5 Å². The molecule has 3 nitrogen and oxygen atoms in total. The molecule has 94 valence electrons. The molecule has 1 heterocycles. The number of hydrogen-bond acceptors (Lipinski definition) is 3. The minimum Gasteiger partial charge on any atom is -0.385 e. The van der Waals surface area contributed by atoms with Crippen LogP contribution in [-0.2, 0) is 12.0 Å². The number of nitrogens with two attached hydrogens (primary N) is 1. The molecule has 2 rings (SSSR count). The number of pyridine rings is 1. The minimum absolute atomic E-state index is 0.278. The number of nitrogen functional groups attached to an aromatic ring is 1. The van der Waals surface area contributed by atoms with E-state index in [1.165, 1.54) is 6.07 Å². The molecule has 1 aromatic heterocycles. The second kappa shape index (κ2) is 4.74. The SMILES string of the molecule is CC(O)(Cc1ccnc(N)c1)c1ccccc1F. The van der Waals surface area contributed by atoms with Gasteiger partial charge in [0, 0.05) is 18.2 Å². The summed E-state index contributed by atoms with van der Waals surface area (Å²) in [5, 5.41) is 10.4. The summed E-state index contributed by atoms with van der Waals surface area (Å²) in [4.78, 5) is 3.88. The smallest absolute Gasteiger partial charge is 0.129 e. The highest BCUT2D eigenvalue weighted by atomic mass is 19.1. The molecule has 0 saturated carbocycles. The Kier molecular flexibility index (Phi) is 3.30. The summed E-state index contributed by atoms with van der Waals surface area (Å²) in [5.74, 6) is -0.0265. The summed E-state index contributed by atoms with van der Waals surface area (Å²) in [6.07, 6.45) is 1.85. The summed E-state index contributed by atoms with van der Waals surface area (Å²) in [7, 11) is 0. The van der Waals surface area contributed by atoms with Crippen LogP contribution in [0, 0.1) is 5.82 Å². The third kappa shape index (κ3) is 2.65. The number of aliphatic hydroxyl groups is 1. The van der Waals surface area contributed by atoms with Crippen molar-refractivity contribution in [1.29, 1.82) is 0 Å². The molecule has 2 aromatic rings. The van der Waals surface area contributed by atoms with Gasteiger partial charge in [0.25, 0.3) is 0 Å². The maximum absolute atomic E-state index is 13.7. The van der Waals surface area contributed by atoms with Gasteiger partial charge in [0.2, 0.25) is 0 Å². The van der Waals surface area contributed by atoms with Gasteiger partial charge in [-0.15, -0.1) is 0 Å². The molecule has 3 N–H and O–H groups in total. The van der Waals surface area contributed by atoms with Crippen LogP contribution in [0.4, 0.5) is 10.2 Å². The molecule has 0 fully saturated rings. The maximum atomic E-state index is 13.7. The Morgan fingerprint density at radius 3 is 2.72 bits per heavy atom. The minimum atomic E-state index is -1.28. The molecule has 1 unspecified atom stereocenters. The molecule has 0 aliphatic rings. The number of anilines is 1. The lowest BCUT2D eigenvalue weighted by Gasteiger charge is -2.24. The molecule has 4 heteroatoms. The van der Waals surface area contributed by atoms with Gasteiger partial charge in [-0.3, -0.25) is 0 Å². The summed E-state index contributed by atoms with van der Waals surface area (Å²) in [6.45, 7) is 1.59. The van der Waals surface area contributed by atoms with Crippen LogP contribution in [0.15, 0.2) is 42.6 Å². The Hall–Kier alpha value is -1.94. The van der Waals surface area contributed by atoms with Crippen molar-refractivity contribution in [3.63, 3.8) is 0 Å². The van der Waals surface area contributed by atoms with Gasteiger partial charge in [-0.1, -0.05) is 18.2 Å². The summed E-state index contributed by atoms with van der Waals surface area (Å²) in [5.41, 5.74) is 5.39. The molecule has 18 heavy (non-hydrogen) atoms. The van der Waals surface area contributed by atoms with E-state index in [-0.39, 0.29) is 12.0 Å². The molecule has 0 radical (unpaired) electrons. The molecule has 0 amide bonds. The number of benzene rings is 1. The zero-order valence-electron chi connectivity index (χ0n) is 10.1. The quantitative estimate of drug-likeness (QED) is 0.873. The lowest BCUT2D eigenvalue weighted by atomic mass is 9.89. The van der Waals surface area contributed by atoms with Gasteiger partial charge in [0.1, 0.15) is 11.6 Å². The van der Waals surface area contributed by atoms with Crippen LogP contribution in [0.25, 0.3) is 0 Å². The van der Waals surface area contributed by atoms with Crippen LogP contribution in [0.2, 0.25) is 0 Å². The van der Waals surface area contributed by atoms with Crippen LogP contribution in [-0.4, -0.2) is 10.1 Å². The van der Waals surface area contributed by atoms with Crippen molar-refractivity contribution in [1.82, 2.24) is 4.98 Å². The van der Waals surface area contributed by atoms with Crippen LogP contribution in [0.1, 0.15) is 18.1 Å². The number of hydrogen-bond donors (Lipinski definition) is 2. The van der Waals surface area contributed by atoms with Gasteiger partial charge < -0.3 is 10.8 Å². The van der Waals surface area contributed by atoms with E-state index in [0.29, 0.717) is 5.82 Å². The predicted molar refractivity (Wildman–Crippen MR) is 68.3 cm³/mol. The van der Waals surface area contributed by atoms with E-state index in [1.54, 1.807) is 43.5 Å². The molecule has 0 aliphatic heterocycles. The standard InChI is InChI=1S/C14H15FN2O/c1-14(18,11-4-2-3-5-12(11)15)9-10-6-7-17-13(16)8-10/h2-8,18H,9H2,1H3,(H2,16,17). The second-order valence-electron chi connectivity index (χ2n) is 4.52. The molecule has 0 spiro atoms. The van der Waals surface area contributed by atoms with Crippen molar-refractivity contribution < 1.29 is 9.50 Å². The molecule has 1 aromatic carbocycles. The zero-order valence-corrected chi connectivity index (χ0v) is 10.1. The first-order valence-corrected chi connectivity index (χ1v) is 5.67. The Morgan fingerprint density at radius 1 is 1.33 bits per heavy atom. The van der Waals surface area contributed by atoms with Gasteiger partial charge in [-0.25, -0.2) is 9.37 Å². The largest absolute Gasteiger partial charge is 0.385 e. The molecule has 0 bridgehead atoms. The number of rotatable bonds is 3. The van der Waals surface area contributed by atoms with Gasteiger partial charge >= 0.3 is 0 Å². The maximum Gasteiger partial charge on any atom is 0.129 e. The first kappa shape index (κ1) is 12.5. The summed E-state index contributed by atoms with van der Waals surface area (Å²) in [6, 6.07) is 9.65. The van der Waals surface area contributed by atoms with E-state index in [1.807, 2.05) is 0 Å². The molecular formula is C14H15FN2O. The number of nitrogens with zero attached hydrogens (tertiary/aromatic N) is 1. The summed E-state index contributed by atoms with van der Waals surface area (Å²) >= 11 is 0. The van der Waals surface area contributed by atoms with Gasteiger partial charge in [-0.2, -0.15) is 0 Å². The third-order valence-electron chi connectivity index (χ3n) is 2.85. The fourth-order valence-electron chi connectivity index (χ4n) is 2.00. The Morgan fingerprint density at radius 2 is 2.06 bits per heavy atom. The second-order valence-corrected chi connectivity index (χ2v) is 4.52. The van der Waals surface area contributed by atoms with Crippen LogP contribution in [0.5, 0.6) is 0 Å². The zero-order chi connectivity index (χ0) is 13.2. The molecule has 0 aliphatic carbocycles. The number of halogens is 1. The van der Waals surface area contributed by atoms with Crippen molar-refractivity contribution in [2.45, 2.75) is 18.9 Å². The highest BCUT2D eigenvalue weighted by Crippen LogP contribution is 2.27. The average molecular weight is 246 g/mol. The predicted octanol–water partition coefficient (Wildman–Crippen LogP) is 2.25. The topological polar surface area (TPSA) is 59.1 Å². The van der Waals surface area contributed by atoms with E-state index >= 15 is 0 Å². The highest BCUT2D eigenvalue weighted by Gasteiger charge is 2.26. The van der Waals surface area contributed by atoms with Gasteiger partial charge in [0.15, 0.2) is 0 Å². The van der Waals surface area contributed by atoms with Crippen LogP contribution < -0.4 is 5.73 Å². The lowest BCUT2D eigenvalue weighted by molar-refractivity contribution is 0.0538.